The average Bonchev–Trinajstić information content (AvgIpc) is 2.67. The van der Waals surface area contributed by atoms with E-state index in [1.807, 2.05) is 26.8 Å². The molecule has 0 fully saturated rings. The van der Waals surface area contributed by atoms with Crippen LogP contribution in [0.1, 0.15) is 32.4 Å². The number of carbonyl (C=O) groups excluding carboxylic acids is 1. The molecule has 0 heterocycles. The van der Waals surface area contributed by atoms with Gasteiger partial charge < -0.3 is 9.47 Å². The van der Waals surface area contributed by atoms with E-state index in [-0.39, 0.29) is 22.1 Å². The van der Waals surface area contributed by atoms with Crippen LogP contribution in [0.25, 0.3) is 0 Å². The summed E-state index contributed by atoms with van der Waals surface area (Å²) in [4.78, 5) is 12.8. The van der Waals surface area contributed by atoms with Crippen LogP contribution >= 0.6 is 23.2 Å². The molecule has 7 heteroatoms. The number of esters is 1. The van der Waals surface area contributed by atoms with Gasteiger partial charge in [0.2, 0.25) is 6.10 Å². The number of carbonyl (C=O) groups is 1. The van der Waals surface area contributed by atoms with Crippen molar-refractivity contribution in [2.24, 2.45) is 17.8 Å². The fourth-order valence-electron chi connectivity index (χ4n) is 3.14. The Bertz CT molecular complexity index is 934. The van der Waals surface area contributed by atoms with Gasteiger partial charge in [0, 0.05) is 5.56 Å². The fourth-order valence-corrected chi connectivity index (χ4v) is 3.54. The van der Waals surface area contributed by atoms with Crippen molar-refractivity contribution >= 4 is 29.2 Å². The minimum absolute atomic E-state index is 0.0519. The van der Waals surface area contributed by atoms with E-state index in [2.05, 4.69) is 0 Å². The maximum absolute atomic E-state index is 13.1. The molecule has 0 aromatic heterocycles. The highest BCUT2D eigenvalue weighted by Gasteiger charge is 2.31. The third-order valence-corrected chi connectivity index (χ3v) is 4.76. The summed E-state index contributed by atoms with van der Waals surface area (Å²) in [5, 5.41) is 9.58. The molecule has 0 bridgehead atoms. The second kappa shape index (κ2) is 11.0. The highest BCUT2D eigenvalue weighted by atomic mass is 35.5. The van der Waals surface area contributed by atoms with Crippen LogP contribution in [0.2, 0.25) is 0 Å². The average molecular weight is 450 g/mol. The first kappa shape index (κ1) is 23.7. The standard InChI is InChI=1S/C23H22Cl2FNO3/c1-14(2)22(15(3)11-21(24)25)23(28)30-20(13-27)16-5-4-6-19(12-16)29-18-9-7-17(26)8-10-18/h4-12,14-15,20,22H,1-3H3. The van der Waals surface area contributed by atoms with Gasteiger partial charge in [-0.15, -0.1) is 0 Å². The number of halogens is 3. The summed E-state index contributed by atoms with van der Waals surface area (Å²) in [5.74, 6) is -0.851. The van der Waals surface area contributed by atoms with Crippen molar-refractivity contribution in [1.29, 1.82) is 5.26 Å². The highest BCUT2D eigenvalue weighted by Crippen LogP contribution is 2.30. The lowest BCUT2D eigenvalue weighted by Gasteiger charge is -2.25. The molecule has 4 nitrogen and oxygen atoms in total. The van der Waals surface area contributed by atoms with Crippen LogP contribution in [0.5, 0.6) is 11.5 Å². The highest BCUT2D eigenvalue weighted by molar-refractivity contribution is 6.55. The first-order valence-corrected chi connectivity index (χ1v) is 10.1. The Morgan fingerprint density at radius 3 is 2.33 bits per heavy atom. The molecule has 0 aliphatic carbocycles. The van der Waals surface area contributed by atoms with Crippen LogP contribution in [-0.4, -0.2) is 5.97 Å². The molecule has 0 N–H and O–H groups in total. The van der Waals surface area contributed by atoms with Crippen molar-refractivity contribution in [1.82, 2.24) is 0 Å². The van der Waals surface area contributed by atoms with Crippen LogP contribution in [0.15, 0.2) is 59.1 Å². The molecule has 30 heavy (non-hydrogen) atoms. The molecular formula is C23H22Cl2FNO3. The Hall–Kier alpha value is -2.55. The fraction of sp³-hybridized carbons (Fsp3) is 0.304. The summed E-state index contributed by atoms with van der Waals surface area (Å²) in [6, 6.07) is 14.2. The summed E-state index contributed by atoms with van der Waals surface area (Å²) < 4.78 is 24.3. The molecule has 0 radical (unpaired) electrons. The molecule has 0 spiro atoms. The van der Waals surface area contributed by atoms with Gasteiger partial charge in [0.05, 0.1) is 5.92 Å². The van der Waals surface area contributed by atoms with Crippen LogP contribution in [0.4, 0.5) is 4.39 Å². The van der Waals surface area contributed by atoms with Crippen LogP contribution in [0.3, 0.4) is 0 Å². The number of hydrogen-bond acceptors (Lipinski definition) is 4. The van der Waals surface area contributed by atoms with Crippen molar-refractivity contribution in [2.45, 2.75) is 26.9 Å². The van der Waals surface area contributed by atoms with Crippen LogP contribution < -0.4 is 4.74 Å². The number of benzene rings is 2. The van der Waals surface area contributed by atoms with E-state index in [0.717, 1.165) is 0 Å². The van der Waals surface area contributed by atoms with E-state index in [9.17, 15) is 14.4 Å². The Morgan fingerprint density at radius 2 is 1.77 bits per heavy atom. The van der Waals surface area contributed by atoms with Crippen molar-refractivity contribution in [3.8, 4) is 17.6 Å². The third kappa shape index (κ3) is 6.76. The maximum Gasteiger partial charge on any atom is 0.311 e. The second-order valence-electron chi connectivity index (χ2n) is 7.16. The zero-order chi connectivity index (χ0) is 22.3. The minimum Gasteiger partial charge on any atom is -0.457 e. The zero-order valence-corrected chi connectivity index (χ0v) is 18.3. The van der Waals surface area contributed by atoms with Crippen LogP contribution in [0, 0.1) is 34.9 Å². The minimum atomic E-state index is -1.11. The van der Waals surface area contributed by atoms with Crippen molar-refractivity contribution in [3.63, 3.8) is 0 Å². The molecule has 2 aromatic carbocycles. The van der Waals surface area contributed by atoms with E-state index < -0.39 is 18.0 Å². The Kier molecular flexibility index (Phi) is 8.71. The molecule has 0 saturated heterocycles. The summed E-state index contributed by atoms with van der Waals surface area (Å²) in [6.07, 6.45) is 0.464. The molecule has 3 unspecified atom stereocenters. The molecule has 2 aromatic rings. The summed E-state index contributed by atoms with van der Waals surface area (Å²) in [6.45, 7) is 5.59. The van der Waals surface area contributed by atoms with Crippen molar-refractivity contribution < 1.29 is 18.7 Å². The molecular weight excluding hydrogens is 428 g/mol. The predicted molar refractivity (Wildman–Crippen MR) is 115 cm³/mol. The molecule has 3 atom stereocenters. The van der Waals surface area contributed by atoms with Gasteiger partial charge in [-0.3, -0.25) is 4.79 Å². The number of nitriles is 1. The zero-order valence-electron chi connectivity index (χ0n) is 16.8. The quantitative estimate of drug-likeness (QED) is 0.408. The van der Waals surface area contributed by atoms with Gasteiger partial charge in [0.1, 0.15) is 27.9 Å². The van der Waals surface area contributed by atoms with Gasteiger partial charge in [-0.1, -0.05) is 62.2 Å². The van der Waals surface area contributed by atoms with Gasteiger partial charge in [0.25, 0.3) is 0 Å². The van der Waals surface area contributed by atoms with Crippen molar-refractivity contribution in [2.75, 3.05) is 0 Å². The van der Waals surface area contributed by atoms with Crippen LogP contribution in [-0.2, 0) is 9.53 Å². The van der Waals surface area contributed by atoms with E-state index in [1.54, 1.807) is 30.3 Å². The van der Waals surface area contributed by atoms with E-state index >= 15 is 0 Å². The number of allylic oxidation sites excluding steroid dienone is 1. The normalized spacial score (nSPS) is 13.7. The van der Waals surface area contributed by atoms with E-state index in [4.69, 9.17) is 32.7 Å². The molecule has 0 aliphatic heterocycles. The lowest BCUT2D eigenvalue weighted by Crippen LogP contribution is -2.29. The van der Waals surface area contributed by atoms with Gasteiger partial charge in [-0.25, -0.2) is 4.39 Å². The second-order valence-corrected chi connectivity index (χ2v) is 8.17. The van der Waals surface area contributed by atoms with Crippen molar-refractivity contribution in [3.05, 3.63) is 70.5 Å². The summed E-state index contributed by atoms with van der Waals surface area (Å²) in [7, 11) is 0. The van der Waals surface area contributed by atoms with E-state index in [0.29, 0.717) is 17.1 Å². The third-order valence-electron chi connectivity index (χ3n) is 4.51. The number of rotatable bonds is 8. The lowest BCUT2D eigenvalue weighted by atomic mass is 9.84. The lowest BCUT2D eigenvalue weighted by molar-refractivity contribution is -0.154. The smallest absolute Gasteiger partial charge is 0.311 e. The molecule has 158 valence electrons. The topological polar surface area (TPSA) is 59.3 Å². The Morgan fingerprint density at radius 1 is 1.10 bits per heavy atom. The number of hydrogen-bond donors (Lipinski definition) is 0. The van der Waals surface area contributed by atoms with Gasteiger partial charge in [0.15, 0.2) is 0 Å². The van der Waals surface area contributed by atoms with E-state index in [1.165, 1.54) is 24.3 Å². The Balaban J connectivity index is 2.18. The number of ether oxygens (including phenoxy) is 2. The Labute approximate surface area is 185 Å². The maximum atomic E-state index is 13.1. The molecule has 2 rings (SSSR count). The molecule has 0 aliphatic rings. The van der Waals surface area contributed by atoms with Gasteiger partial charge >= 0.3 is 5.97 Å². The summed E-state index contributed by atoms with van der Waals surface area (Å²) in [5.41, 5.74) is 0.464. The van der Waals surface area contributed by atoms with Gasteiger partial charge in [-0.2, -0.15) is 5.26 Å². The largest absolute Gasteiger partial charge is 0.457 e. The SMILES string of the molecule is CC(C)C(C(=O)OC(C#N)c1cccc(Oc2ccc(F)cc2)c1)C(C)C=C(Cl)Cl. The molecule has 0 amide bonds. The predicted octanol–water partition coefficient (Wildman–Crippen LogP) is 6.95. The number of nitrogens with zero attached hydrogens (tertiary/aromatic N) is 1. The monoisotopic (exact) mass is 449 g/mol. The van der Waals surface area contributed by atoms with Gasteiger partial charge in [-0.05, 0) is 48.2 Å². The first-order valence-electron chi connectivity index (χ1n) is 9.37. The molecule has 0 saturated carbocycles. The summed E-state index contributed by atoms with van der Waals surface area (Å²) >= 11 is 11.5. The first-order chi connectivity index (χ1) is 14.2.